The van der Waals surface area contributed by atoms with Crippen molar-refractivity contribution in [3.63, 3.8) is 0 Å². The standard InChI is InChI=1S/C14H12Cl2N2S2/c1-8(4-9-2-3-20-7-9)18-13-6-11(16)10(15)5-12(13)17-14(18)19/h2-3,5-8H,4H2,1H3,(H,17,19). The van der Waals surface area contributed by atoms with Crippen molar-refractivity contribution < 1.29 is 0 Å². The number of thiophene rings is 1. The van der Waals surface area contributed by atoms with E-state index < -0.39 is 0 Å². The van der Waals surface area contributed by atoms with Crippen LogP contribution in [-0.2, 0) is 6.42 Å². The molecule has 1 atom stereocenters. The second-order valence-corrected chi connectivity index (χ2v) is 6.75. The first kappa shape index (κ1) is 14.1. The molecule has 0 radical (unpaired) electrons. The third-order valence-electron chi connectivity index (χ3n) is 3.31. The summed E-state index contributed by atoms with van der Waals surface area (Å²) < 4.78 is 2.80. The van der Waals surface area contributed by atoms with Gasteiger partial charge >= 0.3 is 0 Å². The number of aromatic amines is 1. The number of fused-ring (bicyclic) bond motifs is 1. The third-order valence-corrected chi connectivity index (χ3v) is 5.06. The summed E-state index contributed by atoms with van der Waals surface area (Å²) in [5, 5.41) is 5.34. The average Bonchev–Trinajstić information content (AvgIpc) is 2.97. The maximum absolute atomic E-state index is 6.12. The Morgan fingerprint density at radius 2 is 2.10 bits per heavy atom. The summed E-state index contributed by atoms with van der Waals surface area (Å²) in [6.45, 7) is 2.16. The van der Waals surface area contributed by atoms with Crippen LogP contribution in [0.4, 0.5) is 0 Å². The van der Waals surface area contributed by atoms with E-state index in [1.165, 1.54) is 5.56 Å². The molecular formula is C14H12Cl2N2S2. The molecule has 0 aliphatic rings. The highest BCUT2D eigenvalue weighted by molar-refractivity contribution is 7.71. The first-order chi connectivity index (χ1) is 9.56. The molecule has 0 fully saturated rings. The third kappa shape index (κ3) is 2.53. The number of hydrogen-bond acceptors (Lipinski definition) is 2. The smallest absolute Gasteiger partial charge is 0.178 e. The van der Waals surface area contributed by atoms with Crippen LogP contribution in [0.25, 0.3) is 11.0 Å². The molecule has 0 saturated heterocycles. The molecule has 0 spiro atoms. The van der Waals surface area contributed by atoms with Crippen molar-refractivity contribution in [3.8, 4) is 0 Å². The molecule has 20 heavy (non-hydrogen) atoms. The minimum absolute atomic E-state index is 0.253. The molecule has 6 heteroatoms. The molecule has 0 bridgehead atoms. The van der Waals surface area contributed by atoms with E-state index >= 15 is 0 Å². The number of H-pyrrole nitrogens is 1. The summed E-state index contributed by atoms with van der Waals surface area (Å²) in [4.78, 5) is 3.19. The summed E-state index contributed by atoms with van der Waals surface area (Å²) in [6, 6.07) is 6.09. The Morgan fingerprint density at radius 1 is 1.35 bits per heavy atom. The normalized spacial score (nSPS) is 12.9. The topological polar surface area (TPSA) is 20.7 Å². The van der Waals surface area contributed by atoms with Gasteiger partial charge in [0, 0.05) is 6.04 Å². The van der Waals surface area contributed by atoms with Gasteiger partial charge in [0.05, 0.1) is 21.1 Å². The molecule has 2 nitrogen and oxygen atoms in total. The molecule has 0 saturated carbocycles. The van der Waals surface area contributed by atoms with Gasteiger partial charge < -0.3 is 9.55 Å². The molecule has 1 aromatic carbocycles. The zero-order chi connectivity index (χ0) is 14.3. The number of nitrogens with one attached hydrogen (secondary N) is 1. The van der Waals surface area contributed by atoms with Crippen molar-refractivity contribution in [2.75, 3.05) is 0 Å². The van der Waals surface area contributed by atoms with Crippen molar-refractivity contribution in [2.45, 2.75) is 19.4 Å². The molecule has 2 aromatic heterocycles. The fourth-order valence-corrected chi connectivity index (χ4v) is 3.79. The van der Waals surface area contributed by atoms with Crippen molar-refractivity contribution in [2.24, 2.45) is 0 Å². The van der Waals surface area contributed by atoms with Gasteiger partial charge in [0.1, 0.15) is 0 Å². The van der Waals surface area contributed by atoms with E-state index in [1.807, 2.05) is 12.1 Å². The minimum atomic E-state index is 0.253. The van der Waals surface area contributed by atoms with E-state index in [1.54, 1.807) is 11.3 Å². The lowest BCUT2D eigenvalue weighted by molar-refractivity contribution is 0.554. The molecule has 1 unspecified atom stereocenters. The summed E-state index contributed by atoms with van der Waals surface area (Å²) in [5.74, 6) is 0. The van der Waals surface area contributed by atoms with E-state index in [9.17, 15) is 0 Å². The Kier molecular flexibility index (Phi) is 3.91. The first-order valence-corrected chi connectivity index (χ1v) is 8.27. The van der Waals surface area contributed by atoms with Crippen LogP contribution < -0.4 is 0 Å². The number of aromatic nitrogens is 2. The maximum Gasteiger partial charge on any atom is 0.178 e. The SMILES string of the molecule is CC(Cc1ccsc1)n1c(=S)[nH]c2cc(Cl)c(Cl)cc21. The van der Waals surface area contributed by atoms with Crippen LogP contribution in [0, 0.1) is 4.77 Å². The van der Waals surface area contributed by atoms with Crippen LogP contribution in [0.3, 0.4) is 0 Å². The summed E-state index contributed by atoms with van der Waals surface area (Å²) >= 11 is 19.3. The second kappa shape index (κ2) is 5.53. The minimum Gasteiger partial charge on any atom is -0.331 e. The van der Waals surface area contributed by atoms with Gasteiger partial charge in [-0.2, -0.15) is 11.3 Å². The Balaban J connectivity index is 2.08. The first-order valence-electron chi connectivity index (χ1n) is 6.16. The van der Waals surface area contributed by atoms with Gasteiger partial charge in [-0.1, -0.05) is 23.2 Å². The van der Waals surface area contributed by atoms with E-state index in [4.69, 9.17) is 35.4 Å². The van der Waals surface area contributed by atoms with Crippen LogP contribution in [0.2, 0.25) is 10.0 Å². The van der Waals surface area contributed by atoms with Crippen LogP contribution in [0.1, 0.15) is 18.5 Å². The van der Waals surface area contributed by atoms with Crippen molar-refractivity contribution >= 4 is 57.8 Å². The summed E-state index contributed by atoms with van der Waals surface area (Å²) in [6.07, 6.45) is 0.936. The van der Waals surface area contributed by atoms with Gasteiger partial charge in [-0.15, -0.1) is 0 Å². The van der Waals surface area contributed by atoms with Crippen LogP contribution >= 0.6 is 46.8 Å². The van der Waals surface area contributed by atoms with E-state index in [0.29, 0.717) is 14.8 Å². The Labute approximate surface area is 136 Å². The fraction of sp³-hybridized carbons (Fsp3) is 0.214. The van der Waals surface area contributed by atoms with Crippen LogP contribution in [0.15, 0.2) is 29.0 Å². The summed E-state index contributed by atoms with van der Waals surface area (Å²) in [5.41, 5.74) is 3.23. The highest BCUT2D eigenvalue weighted by atomic mass is 35.5. The van der Waals surface area contributed by atoms with Crippen LogP contribution in [0.5, 0.6) is 0 Å². The number of imidazole rings is 1. The molecule has 3 rings (SSSR count). The number of halogens is 2. The Bertz CT molecular complexity index is 803. The van der Waals surface area contributed by atoms with E-state index in [0.717, 1.165) is 17.5 Å². The molecular weight excluding hydrogens is 331 g/mol. The van der Waals surface area contributed by atoms with Gasteiger partial charge in [0.25, 0.3) is 0 Å². The molecule has 0 aliphatic heterocycles. The average molecular weight is 343 g/mol. The van der Waals surface area contributed by atoms with Gasteiger partial charge in [-0.3, -0.25) is 0 Å². The highest BCUT2D eigenvalue weighted by Gasteiger charge is 2.14. The molecule has 0 aliphatic carbocycles. The molecule has 3 aromatic rings. The van der Waals surface area contributed by atoms with Crippen molar-refractivity contribution in [1.29, 1.82) is 0 Å². The van der Waals surface area contributed by atoms with Crippen molar-refractivity contribution in [1.82, 2.24) is 9.55 Å². The zero-order valence-electron chi connectivity index (χ0n) is 10.7. The molecule has 0 amide bonds. The van der Waals surface area contributed by atoms with Gasteiger partial charge in [-0.05, 0) is 60.1 Å². The lowest BCUT2D eigenvalue weighted by Crippen LogP contribution is -2.07. The Morgan fingerprint density at radius 3 is 2.80 bits per heavy atom. The van der Waals surface area contributed by atoms with Crippen molar-refractivity contribution in [3.05, 3.63) is 49.3 Å². The quantitative estimate of drug-likeness (QED) is 0.590. The van der Waals surface area contributed by atoms with Gasteiger partial charge in [0.2, 0.25) is 0 Å². The molecule has 2 heterocycles. The monoisotopic (exact) mass is 342 g/mol. The Hall–Kier alpha value is -0.810. The van der Waals surface area contributed by atoms with Gasteiger partial charge in [0.15, 0.2) is 4.77 Å². The van der Waals surface area contributed by atoms with E-state index in [-0.39, 0.29) is 6.04 Å². The summed E-state index contributed by atoms with van der Waals surface area (Å²) in [7, 11) is 0. The second-order valence-electron chi connectivity index (χ2n) is 4.77. The van der Waals surface area contributed by atoms with E-state index in [2.05, 4.69) is 33.3 Å². The predicted octanol–water partition coefficient (Wildman–Crippen LogP) is 5.87. The van der Waals surface area contributed by atoms with Gasteiger partial charge in [-0.25, -0.2) is 0 Å². The largest absolute Gasteiger partial charge is 0.331 e. The lowest BCUT2D eigenvalue weighted by Gasteiger charge is -2.14. The fourth-order valence-electron chi connectivity index (χ4n) is 2.40. The molecule has 104 valence electrons. The lowest BCUT2D eigenvalue weighted by atomic mass is 10.1. The number of benzene rings is 1. The van der Waals surface area contributed by atoms with Crippen LogP contribution in [-0.4, -0.2) is 9.55 Å². The highest BCUT2D eigenvalue weighted by Crippen LogP contribution is 2.30. The maximum atomic E-state index is 6.12. The number of rotatable bonds is 3. The molecule has 1 N–H and O–H groups in total. The predicted molar refractivity (Wildman–Crippen MR) is 89.9 cm³/mol. The number of hydrogen-bond donors (Lipinski definition) is 1. The number of nitrogens with zero attached hydrogens (tertiary/aromatic N) is 1. The zero-order valence-corrected chi connectivity index (χ0v) is 13.8.